The van der Waals surface area contributed by atoms with Gasteiger partial charge in [0.25, 0.3) is 11.8 Å². The van der Waals surface area contributed by atoms with Crippen LogP contribution in [-0.4, -0.2) is 22.4 Å². The van der Waals surface area contributed by atoms with Crippen molar-refractivity contribution >= 4 is 29.6 Å². The van der Waals surface area contributed by atoms with E-state index in [1.165, 1.54) is 18.2 Å². The first-order valence-electron chi connectivity index (χ1n) is 10.1. The minimum Gasteiger partial charge on any atom is -0.318 e. The molecule has 1 aromatic heterocycles. The van der Waals surface area contributed by atoms with Gasteiger partial charge in [0, 0.05) is 17.1 Å². The Hall–Kier alpha value is -4.00. The quantitative estimate of drug-likeness (QED) is 0.490. The Morgan fingerprint density at radius 1 is 0.844 bits per heavy atom. The summed E-state index contributed by atoms with van der Waals surface area (Å²) < 4.78 is 15.3. The second-order valence-corrected chi connectivity index (χ2v) is 7.94. The number of hydrogen-bond donors (Lipinski definition) is 1. The molecule has 1 saturated heterocycles. The Kier molecular flexibility index (Phi) is 5.26. The van der Waals surface area contributed by atoms with Gasteiger partial charge in [0.05, 0.1) is 5.69 Å². The van der Waals surface area contributed by atoms with Crippen molar-refractivity contribution in [2.45, 2.75) is 27.7 Å². The number of carbonyl (C=O) groups excluding carboxylic acids is 3. The van der Waals surface area contributed by atoms with E-state index < -0.39 is 23.7 Å². The van der Waals surface area contributed by atoms with Crippen LogP contribution in [0.25, 0.3) is 11.8 Å². The molecule has 1 N–H and O–H groups in total. The Bertz CT molecular complexity index is 1280. The molecule has 6 nitrogen and oxygen atoms in total. The minimum absolute atomic E-state index is 0.172. The largest absolute Gasteiger partial charge is 0.335 e. The molecule has 0 atom stereocenters. The number of nitrogens with zero attached hydrogens (tertiary/aromatic N) is 2. The van der Waals surface area contributed by atoms with Crippen molar-refractivity contribution in [1.82, 2.24) is 9.88 Å². The number of hydrogen-bond acceptors (Lipinski definition) is 3. The smallest absolute Gasteiger partial charge is 0.318 e. The first-order chi connectivity index (χ1) is 15.2. The molecule has 3 aromatic rings. The van der Waals surface area contributed by atoms with Gasteiger partial charge in [0.15, 0.2) is 0 Å². The van der Waals surface area contributed by atoms with Crippen molar-refractivity contribution in [2.24, 2.45) is 0 Å². The van der Waals surface area contributed by atoms with Gasteiger partial charge in [0.2, 0.25) is 0 Å². The van der Waals surface area contributed by atoms with Gasteiger partial charge in [-0.15, -0.1) is 0 Å². The van der Waals surface area contributed by atoms with Gasteiger partial charge < -0.3 is 4.57 Å². The van der Waals surface area contributed by atoms with Crippen molar-refractivity contribution in [1.29, 1.82) is 0 Å². The number of rotatable bonds is 3. The zero-order valence-electron chi connectivity index (χ0n) is 18.2. The van der Waals surface area contributed by atoms with Crippen LogP contribution in [0.5, 0.6) is 0 Å². The molecule has 7 heteroatoms. The van der Waals surface area contributed by atoms with E-state index in [1.54, 1.807) is 0 Å². The van der Waals surface area contributed by atoms with Gasteiger partial charge >= 0.3 is 6.03 Å². The number of halogens is 1. The van der Waals surface area contributed by atoms with E-state index in [2.05, 4.69) is 28.1 Å². The second kappa shape index (κ2) is 7.92. The molecule has 0 aliphatic carbocycles. The van der Waals surface area contributed by atoms with Crippen LogP contribution in [0.3, 0.4) is 0 Å². The van der Waals surface area contributed by atoms with Crippen LogP contribution in [0.4, 0.5) is 14.9 Å². The number of imide groups is 2. The third-order valence-corrected chi connectivity index (χ3v) is 5.42. The molecule has 0 unspecified atom stereocenters. The van der Waals surface area contributed by atoms with Crippen molar-refractivity contribution in [2.75, 3.05) is 4.90 Å². The summed E-state index contributed by atoms with van der Waals surface area (Å²) in [4.78, 5) is 38.7. The summed E-state index contributed by atoms with van der Waals surface area (Å²) in [5.74, 6) is -2.03. The Balaban J connectivity index is 1.77. The van der Waals surface area contributed by atoms with Gasteiger partial charge in [-0.1, -0.05) is 6.07 Å². The van der Waals surface area contributed by atoms with Crippen LogP contribution >= 0.6 is 0 Å². The highest BCUT2D eigenvalue weighted by molar-refractivity contribution is 6.39. The molecule has 0 saturated carbocycles. The van der Waals surface area contributed by atoms with E-state index in [-0.39, 0.29) is 11.3 Å². The van der Waals surface area contributed by atoms with Crippen LogP contribution in [0, 0.1) is 33.5 Å². The third-order valence-electron chi connectivity index (χ3n) is 5.42. The Morgan fingerprint density at radius 2 is 1.47 bits per heavy atom. The van der Waals surface area contributed by atoms with Crippen molar-refractivity contribution in [3.8, 4) is 5.69 Å². The summed E-state index contributed by atoms with van der Waals surface area (Å²) in [5.41, 5.74) is 5.73. The van der Waals surface area contributed by atoms with Crippen LogP contribution in [0.1, 0.15) is 28.1 Å². The fraction of sp³-hybridized carbons (Fsp3) is 0.160. The molecular formula is C25H22FN3O3. The van der Waals surface area contributed by atoms with Crippen LogP contribution in [0.2, 0.25) is 0 Å². The lowest BCUT2D eigenvalue weighted by molar-refractivity contribution is -0.122. The molecule has 4 amide bonds. The van der Waals surface area contributed by atoms with Gasteiger partial charge in [-0.25, -0.2) is 14.1 Å². The fourth-order valence-corrected chi connectivity index (χ4v) is 4.05. The number of aromatic nitrogens is 1. The van der Waals surface area contributed by atoms with E-state index >= 15 is 0 Å². The number of benzene rings is 2. The lowest BCUT2D eigenvalue weighted by Crippen LogP contribution is -2.54. The first kappa shape index (κ1) is 21.2. The number of carbonyl (C=O) groups is 3. The third kappa shape index (κ3) is 3.73. The molecule has 2 heterocycles. The maximum Gasteiger partial charge on any atom is 0.335 e. The highest BCUT2D eigenvalue weighted by Crippen LogP contribution is 2.27. The number of urea groups is 1. The fourth-order valence-electron chi connectivity index (χ4n) is 4.05. The van der Waals surface area contributed by atoms with E-state index in [1.807, 2.05) is 33.8 Å². The predicted molar refractivity (Wildman–Crippen MR) is 120 cm³/mol. The summed E-state index contributed by atoms with van der Waals surface area (Å²) in [7, 11) is 0. The SMILES string of the molecule is Cc1cc(C)cc(-n2c(C)cc(C=C3C(=O)NC(=O)N(c4ccc(F)cc4)C3=O)c2C)c1. The van der Waals surface area contributed by atoms with Crippen LogP contribution < -0.4 is 10.2 Å². The second-order valence-electron chi connectivity index (χ2n) is 7.94. The minimum atomic E-state index is -0.871. The molecule has 1 aliphatic heterocycles. The van der Waals surface area contributed by atoms with E-state index in [9.17, 15) is 18.8 Å². The highest BCUT2D eigenvalue weighted by Gasteiger charge is 2.37. The molecule has 2 aromatic carbocycles. The molecule has 1 fully saturated rings. The Labute approximate surface area is 185 Å². The summed E-state index contributed by atoms with van der Waals surface area (Å²) in [6.07, 6.45) is 1.49. The van der Waals surface area contributed by atoms with Crippen molar-refractivity contribution in [3.05, 3.63) is 88.0 Å². The topological polar surface area (TPSA) is 71.4 Å². The summed E-state index contributed by atoms with van der Waals surface area (Å²) >= 11 is 0. The van der Waals surface area contributed by atoms with Gasteiger partial charge in [-0.3, -0.25) is 14.9 Å². The van der Waals surface area contributed by atoms with Crippen molar-refractivity contribution < 1.29 is 18.8 Å². The zero-order valence-corrected chi connectivity index (χ0v) is 18.2. The maximum absolute atomic E-state index is 13.3. The summed E-state index contributed by atoms with van der Waals surface area (Å²) in [6.45, 7) is 7.91. The molecule has 0 spiro atoms. The number of amides is 4. The zero-order chi connectivity index (χ0) is 23.2. The molecule has 0 radical (unpaired) electrons. The number of aryl methyl sites for hydroxylation is 3. The van der Waals surface area contributed by atoms with Crippen LogP contribution in [0.15, 0.2) is 54.1 Å². The Morgan fingerprint density at radius 3 is 2.09 bits per heavy atom. The highest BCUT2D eigenvalue weighted by atomic mass is 19.1. The molecule has 0 bridgehead atoms. The molecular weight excluding hydrogens is 409 g/mol. The van der Waals surface area contributed by atoms with Crippen LogP contribution in [-0.2, 0) is 9.59 Å². The van der Waals surface area contributed by atoms with E-state index in [0.29, 0.717) is 5.56 Å². The van der Waals surface area contributed by atoms with E-state index in [0.717, 1.165) is 45.2 Å². The average Bonchev–Trinajstić information content (AvgIpc) is 2.98. The van der Waals surface area contributed by atoms with Crippen molar-refractivity contribution in [3.63, 3.8) is 0 Å². The lowest BCUT2D eigenvalue weighted by Gasteiger charge is -2.26. The number of anilines is 1. The van der Waals surface area contributed by atoms with E-state index in [4.69, 9.17) is 0 Å². The molecule has 32 heavy (non-hydrogen) atoms. The number of barbiturate groups is 1. The first-order valence-corrected chi connectivity index (χ1v) is 10.1. The maximum atomic E-state index is 13.3. The van der Waals surface area contributed by atoms with Gasteiger partial charge in [-0.2, -0.15) is 0 Å². The van der Waals surface area contributed by atoms with Gasteiger partial charge in [-0.05, 0) is 92.9 Å². The standard InChI is InChI=1S/C25H22FN3O3/c1-14-9-15(2)11-21(10-14)28-16(3)12-18(17(28)4)13-22-23(30)27-25(32)29(24(22)31)20-7-5-19(26)6-8-20/h5-13H,1-4H3,(H,27,30,32). The predicted octanol–water partition coefficient (Wildman–Crippen LogP) is 4.52. The number of nitrogens with one attached hydrogen (secondary N) is 1. The lowest BCUT2D eigenvalue weighted by atomic mass is 10.1. The molecule has 4 rings (SSSR count). The monoisotopic (exact) mass is 431 g/mol. The summed E-state index contributed by atoms with van der Waals surface area (Å²) in [5, 5.41) is 2.19. The summed E-state index contributed by atoms with van der Waals surface area (Å²) in [6, 6.07) is 12.2. The average molecular weight is 431 g/mol. The van der Waals surface area contributed by atoms with Gasteiger partial charge in [0.1, 0.15) is 11.4 Å². The molecule has 1 aliphatic rings. The normalized spacial score (nSPS) is 15.5. The molecule has 162 valence electrons.